The maximum atomic E-state index is 12.7. The summed E-state index contributed by atoms with van der Waals surface area (Å²) in [5, 5.41) is 7.24. The number of benzene rings is 2. The highest BCUT2D eigenvalue weighted by atomic mass is 79.9. The van der Waals surface area contributed by atoms with Crippen LogP contribution in [-0.2, 0) is 6.54 Å². The van der Waals surface area contributed by atoms with Crippen molar-refractivity contribution in [1.29, 1.82) is 0 Å². The van der Waals surface area contributed by atoms with E-state index in [0.29, 0.717) is 42.2 Å². The van der Waals surface area contributed by atoms with E-state index < -0.39 is 18.6 Å². The molecule has 3 aromatic rings. The third kappa shape index (κ3) is 5.60. The van der Waals surface area contributed by atoms with E-state index >= 15 is 0 Å². The lowest BCUT2D eigenvalue weighted by Gasteiger charge is -2.32. The maximum Gasteiger partial charge on any atom is 0.405 e. The summed E-state index contributed by atoms with van der Waals surface area (Å²) in [5.41, 5.74) is 2.16. The van der Waals surface area contributed by atoms with Crippen LogP contribution >= 0.6 is 15.9 Å². The second kappa shape index (κ2) is 9.77. The molecule has 1 aliphatic heterocycles. The minimum Gasteiger partial charge on any atom is -0.343 e. The van der Waals surface area contributed by atoms with Crippen molar-refractivity contribution in [1.82, 2.24) is 20.0 Å². The summed E-state index contributed by atoms with van der Waals surface area (Å²) < 4.78 is 40.0. The van der Waals surface area contributed by atoms with Crippen molar-refractivity contribution in [2.24, 2.45) is 5.92 Å². The summed E-state index contributed by atoms with van der Waals surface area (Å²) in [6, 6.07) is 10.5. The number of piperidine rings is 1. The van der Waals surface area contributed by atoms with Crippen LogP contribution < -0.4 is 5.32 Å². The highest BCUT2D eigenvalue weighted by Gasteiger charge is 2.28. The number of carbonyl (C=O) groups excluding carboxylic acids is 2. The highest BCUT2D eigenvalue weighted by Crippen LogP contribution is 2.25. The van der Waals surface area contributed by atoms with E-state index in [2.05, 4.69) is 21.0 Å². The number of rotatable bonds is 5. The van der Waals surface area contributed by atoms with E-state index in [-0.39, 0.29) is 11.5 Å². The Kier molecular flexibility index (Phi) is 6.97. The molecule has 1 saturated heterocycles. The molecule has 34 heavy (non-hydrogen) atoms. The van der Waals surface area contributed by atoms with Gasteiger partial charge in [-0.2, -0.15) is 18.3 Å². The number of carbonyl (C=O) groups is 2. The van der Waals surface area contributed by atoms with Crippen molar-refractivity contribution in [2.75, 3.05) is 19.6 Å². The van der Waals surface area contributed by atoms with Gasteiger partial charge < -0.3 is 10.2 Å². The SMILES string of the molecule is Cc1c(C(=O)NCC(F)(F)F)ccc2nn(CC3CCN(C(=O)c4ccc(Br)cc4)CC3)cc12. The van der Waals surface area contributed by atoms with Crippen LogP contribution in [0.2, 0.25) is 0 Å². The number of hydrogen-bond acceptors (Lipinski definition) is 3. The predicted octanol–water partition coefficient (Wildman–Crippen LogP) is 4.95. The van der Waals surface area contributed by atoms with Crippen LogP contribution in [0.5, 0.6) is 0 Å². The number of aryl methyl sites for hydroxylation is 1. The smallest absolute Gasteiger partial charge is 0.343 e. The van der Waals surface area contributed by atoms with Gasteiger partial charge in [0.05, 0.1) is 5.52 Å². The molecule has 10 heteroatoms. The van der Waals surface area contributed by atoms with Crippen molar-refractivity contribution >= 4 is 38.6 Å². The van der Waals surface area contributed by atoms with Gasteiger partial charge >= 0.3 is 6.18 Å². The zero-order chi connectivity index (χ0) is 24.5. The van der Waals surface area contributed by atoms with E-state index in [1.54, 1.807) is 13.0 Å². The zero-order valence-corrected chi connectivity index (χ0v) is 20.1. The topological polar surface area (TPSA) is 67.2 Å². The molecule has 1 aliphatic rings. The van der Waals surface area contributed by atoms with E-state index in [0.717, 1.165) is 22.7 Å². The summed E-state index contributed by atoms with van der Waals surface area (Å²) in [7, 11) is 0. The summed E-state index contributed by atoms with van der Waals surface area (Å²) in [6.07, 6.45) is -0.924. The van der Waals surface area contributed by atoms with Gasteiger partial charge in [0.2, 0.25) is 0 Å². The molecule has 0 unspecified atom stereocenters. The first-order valence-corrected chi connectivity index (χ1v) is 11.8. The Morgan fingerprint density at radius 3 is 2.44 bits per heavy atom. The van der Waals surface area contributed by atoms with Gasteiger partial charge in [-0.1, -0.05) is 15.9 Å². The first kappa shape index (κ1) is 24.3. The van der Waals surface area contributed by atoms with Crippen LogP contribution in [0, 0.1) is 12.8 Å². The van der Waals surface area contributed by atoms with Crippen molar-refractivity contribution in [2.45, 2.75) is 32.5 Å². The van der Waals surface area contributed by atoms with Crippen LogP contribution in [0.3, 0.4) is 0 Å². The Morgan fingerprint density at radius 1 is 1.12 bits per heavy atom. The van der Waals surface area contributed by atoms with Crippen LogP contribution in [-0.4, -0.2) is 52.3 Å². The first-order valence-electron chi connectivity index (χ1n) is 11.0. The molecular formula is C24H24BrF3N4O2. The minimum absolute atomic E-state index is 0.0303. The van der Waals surface area contributed by atoms with Crippen molar-refractivity contribution in [3.05, 3.63) is 63.8 Å². The molecule has 1 aromatic heterocycles. The number of fused-ring (bicyclic) bond motifs is 1. The Balaban J connectivity index is 1.38. The molecule has 0 radical (unpaired) electrons. The van der Waals surface area contributed by atoms with Crippen LogP contribution in [0.15, 0.2) is 47.1 Å². The summed E-state index contributed by atoms with van der Waals surface area (Å²) in [6.45, 7) is 2.35. The third-order valence-electron chi connectivity index (χ3n) is 6.14. The van der Waals surface area contributed by atoms with Crippen molar-refractivity contribution in [3.63, 3.8) is 0 Å². The molecule has 2 amide bonds. The second-order valence-electron chi connectivity index (χ2n) is 8.56. The van der Waals surface area contributed by atoms with E-state index in [1.807, 2.05) is 45.4 Å². The lowest BCUT2D eigenvalue weighted by molar-refractivity contribution is -0.123. The molecule has 6 nitrogen and oxygen atoms in total. The number of hydrogen-bond donors (Lipinski definition) is 1. The minimum atomic E-state index is -4.46. The molecular weight excluding hydrogens is 513 g/mol. The van der Waals surface area contributed by atoms with Gasteiger partial charge in [-0.25, -0.2) is 0 Å². The van der Waals surface area contributed by atoms with Gasteiger partial charge in [-0.05, 0) is 67.6 Å². The van der Waals surface area contributed by atoms with Crippen molar-refractivity contribution in [3.8, 4) is 0 Å². The van der Waals surface area contributed by atoms with Gasteiger partial charge in [-0.15, -0.1) is 0 Å². The number of likely N-dealkylation sites (tertiary alicyclic amines) is 1. The quantitative estimate of drug-likeness (QED) is 0.501. The molecule has 2 aromatic carbocycles. The lowest BCUT2D eigenvalue weighted by atomic mass is 9.96. The lowest BCUT2D eigenvalue weighted by Crippen LogP contribution is -2.39. The molecule has 4 rings (SSSR count). The number of nitrogens with one attached hydrogen (secondary N) is 1. The largest absolute Gasteiger partial charge is 0.405 e. The Labute approximate surface area is 203 Å². The van der Waals surface area contributed by atoms with Crippen LogP contribution in [0.25, 0.3) is 10.9 Å². The Morgan fingerprint density at radius 2 is 1.79 bits per heavy atom. The average molecular weight is 537 g/mol. The zero-order valence-electron chi connectivity index (χ0n) is 18.5. The fraction of sp³-hybridized carbons (Fsp3) is 0.375. The summed E-state index contributed by atoms with van der Waals surface area (Å²) >= 11 is 3.38. The monoisotopic (exact) mass is 536 g/mol. The molecule has 1 fully saturated rings. The first-order chi connectivity index (χ1) is 16.1. The standard InChI is InChI=1S/C24H24BrF3N4O2/c1-15-19(22(33)29-14-24(26,27)28)6-7-21-20(15)13-32(30-21)12-16-8-10-31(11-9-16)23(34)17-2-4-18(25)5-3-17/h2-7,13,16H,8-12,14H2,1H3,(H,29,33). The average Bonchev–Trinajstić information content (AvgIpc) is 3.21. The van der Waals surface area contributed by atoms with Crippen LogP contribution in [0.4, 0.5) is 13.2 Å². The molecule has 2 heterocycles. The predicted molar refractivity (Wildman–Crippen MR) is 126 cm³/mol. The molecule has 0 atom stereocenters. The normalized spacial score (nSPS) is 15.0. The van der Waals surface area contributed by atoms with E-state index in [4.69, 9.17) is 0 Å². The number of amides is 2. The van der Waals surface area contributed by atoms with E-state index in [9.17, 15) is 22.8 Å². The molecule has 0 saturated carbocycles. The summed E-state index contributed by atoms with van der Waals surface area (Å²) in [5.74, 6) is -0.381. The number of nitrogens with zero attached hydrogens (tertiary/aromatic N) is 3. The maximum absolute atomic E-state index is 12.7. The van der Waals surface area contributed by atoms with Gasteiger partial charge in [0, 0.05) is 46.8 Å². The molecule has 180 valence electrons. The Hall–Kier alpha value is -2.88. The second-order valence-corrected chi connectivity index (χ2v) is 9.48. The van der Waals surface area contributed by atoms with Crippen LogP contribution in [0.1, 0.15) is 39.1 Å². The highest BCUT2D eigenvalue weighted by molar-refractivity contribution is 9.10. The molecule has 1 N–H and O–H groups in total. The van der Waals surface area contributed by atoms with E-state index in [1.165, 1.54) is 6.07 Å². The van der Waals surface area contributed by atoms with Gasteiger partial charge in [0.15, 0.2) is 0 Å². The third-order valence-corrected chi connectivity index (χ3v) is 6.67. The number of aromatic nitrogens is 2. The number of halogens is 4. The number of alkyl halides is 3. The van der Waals surface area contributed by atoms with Gasteiger partial charge in [-0.3, -0.25) is 14.3 Å². The van der Waals surface area contributed by atoms with Gasteiger partial charge in [0.1, 0.15) is 6.54 Å². The molecule has 0 spiro atoms. The fourth-order valence-electron chi connectivity index (χ4n) is 4.25. The fourth-order valence-corrected chi connectivity index (χ4v) is 4.52. The summed E-state index contributed by atoms with van der Waals surface area (Å²) in [4.78, 5) is 26.8. The Bertz CT molecular complexity index is 1200. The van der Waals surface area contributed by atoms with Gasteiger partial charge in [0.25, 0.3) is 11.8 Å². The van der Waals surface area contributed by atoms with Crippen molar-refractivity contribution < 1.29 is 22.8 Å². The molecule has 0 aliphatic carbocycles. The molecule has 0 bridgehead atoms.